The van der Waals surface area contributed by atoms with Gasteiger partial charge in [-0.1, -0.05) is 19.3 Å². The zero-order chi connectivity index (χ0) is 8.10. The van der Waals surface area contributed by atoms with Crippen LogP contribution in [0, 0.1) is 5.92 Å². The Hall–Kier alpha value is -0.0800. The number of ether oxygens (including phenoxy) is 1. The Morgan fingerprint density at radius 3 is 2.45 bits per heavy atom. The molecule has 1 saturated carbocycles. The molecule has 1 atom stereocenters. The van der Waals surface area contributed by atoms with Crippen LogP contribution in [0.3, 0.4) is 0 Å². The van der Waals surface area contributed by atoms with Gasteiger partial charge >= 0.3 is 0 Å². The van der Waals surface area contributed by atoms with Crippen molar-refractivity contribution in [2.75, 3.05) is 13.7 Å². The van der Waals surface area contributed by atoms with E-state index in [0.717, 1.165) is 0 Å². The average molecular weight is 157 g/mol. The van der Waals surface area contributed by atoms with Crippen LogP contribution in [0.1, 0.15) is 32.1 Å². The Kier molecular flexibility index (Phi) is 3.87. The standard InChI is InChI=1S/C9H17O2/c1-11-9(7-10)8-5-3-2-4-6-8/h8-9H,2-7H2,1H3. The molecule has 0 saturated heterocycles. The third-order valence-electron chi connectivity index (χ3n) is 2.64. The van der Waals surface area contributed by atoms with Crippen molar-refractivity contribution in [2.24, 2.45) is 5.92 Å². The first-order chi connectivity index (χ1) is 5.38. The first-order valence-corrected chi connectivity index (χ1v) is 4.49. The Bertz CT molecular complexity index is 93.7. The topological polar surface area (TPSA) is 29.1 Å². The fourth-order valence-corrected chi connectivity index (χ4v) is 1.90. The predicted octanol–water partition coefficient (Wildman–Crippen LogP) is 2.01. The molecule has 0 N–H and O–H groups in total. The molecule has 1 rings (SSSR count). The highest BCUT2D eigenvalue weighted by atomic mass is 16.5. The molecule has 0 aromatic heterocycles. The first kappa shape index (κ1) is 9.01. The smallest absolute Gasteiger partial charge is 0.109 e. The summed E-state index contributed by atoms with van der Waals surface area (Å²) < 4.78 is 5.13. The molecule has 2 heteroatoms. The summed E-state index contributed by atoms with van der Waals surface area (Å²) in [6.45, 7) is -0.0683. The molecule has 1 unspecified atom stereocenters. The van der Waals surface area contributed by atoms with E-state index in [9.17, 15) is 5.11 Å². The molecule has 1 radical (unpaired) electrons. The van der Waals surface area contributed by atoms with Gasteiger partial charge in [-0.15, -0.1) is 0 Å². The lowest BCUT2D eigenvalue weighted by molar-refractivity contribution is -0.0248. The second-order valence-electron chi connectivity index (χ2n) is 3.34. The third kappa shape index (κ3) is 2.46. The lowest BCUT2D eigenvalue weighted by Crippen LogP contribution is -2.27. The zero-order valence-electron chi connectivity index (χ0n) is 7.21. The summed E-state index contributed by atoms with van der Waals surface area (Å²) in [5.41, 5.74) is 0. The lowest BCUT2D eigenvalue weighted by atomic mass is 9.85. The number of methoxy groups -OCH3 is 1. The maximum atomic E-state index is 10.6. The molecule has 0 amide bonds. The fourth-order valence-electron chi connectivity index (χ4n) is 1.90. The highest BCUT2D eigenvalue weighted by molar-refractivity contribution is 4.73. The summed E-state index contributed by atoms with van der Waals surface area (Å²) in [6.07, 6.45) is 6.28. The van der Waals surface area contributed by atoms with E-state index in [1.54, 1.807) is 7.11 Å². The van der Waals surface area contributed by atoms with Crippen LogP contribution in [0.2, 0.25) is 0 Å². The van der Waals surface area contributed by atoms with Crippen LogP contribution in [0.25, 0.3) is 0 Å². The van der Waals surface area contributed by atoms with Crippen LogP contribution in [0.5, 0.6) is 0 Å². The summed E-state index contributed by atoms with van der Waals surface area (Å²) in [6, 6.07) is 0. The molecule has 11 heavy (non-hydrogen) atoms. The van der Waals surface area contributed by atoms with E-state index >= 15 is 0 Å². The van der Waals surface area contributed by atoms with Crippen molar-refractivity contribution >= 4 is 0 Å². The molecule has 2 nitrogen and oxygen atoms in total. The molecule has 1 aliphatic carbocycles. The van der Waals surface area contributed by atoms with Gasteiger partial charge in [0.05, 0.1) is 6.10 Å². The third-order valence-corrected chi connectivity index (χ3v) is 2.64. The number of rotatable bonds is 3. The van der Waals surface area contributed by atoms with E-state index in [1.165, 1.54) is 32.1 Å². The molecule has 0 heterocycles. The summed E-state index contributed by atoms with van der Waals surface area (Å²) in [4.78, 5) is 0. The van der Waals surface area contributed by atoms with Crippen molar-refractivity contribution in [1.29, 1.82) is 0 Å². The van der Waals surface area contributed by atoms with Crippen LogP contribution in [0.4, 0.5) is 0 Å². The normalized spacial score (nSPS) is 23.5. The average Bonchev–Trinajstić information content (AvgIpc) is 2.09. The van der Waals surface area contributed by atoms with E-state index in [2.05, 4.69) is 0 Å². The second-order valence-corrected chi connectivity index (χ2v) is 3.34. The van der Waals surface area contributed by atoms with E-state index in [1.807, 2.05) is 0 Å². The number of hydrogen-bond acceptors (Lipinski definition) is 1. The predicted molar refractivity (Wildman–Crippen MR) is 42.9 cm³/mol. The van der Waals surface area contributed by atoms with E-state index in [4.69, 9.17) is 4.74 Å². The Morgan fingerprint density at radius 2 is 2.00 bits per heavy atom. The van der Waals surface area contributed by atoms with Gasteiger partial charge in [0.25, 0.3) is 0 Å². The molecule has 0 aliphatic heterocycles. The van der Waals surface area contributed by atoms with Crippen molar-refractivity contribution in [1.82, 2.24) is 0 Å². The minimum absolute atomic E-state index is 0.0182. The lowest BCUT2D eigenvalue weighted by Gasteiger charge is -2.27. The van der Waals surface area contributed by atoms with Crippen LogP contribution in [-0.4, -0.2) is 19.8 Å². The van der Waals surface area contributed by atoms with Gasteiger partial charge in [0.1, 0.15) is 6.61 Å². The van der Waals surface area contributed by atoms with Gasteiger partial charge in [0, 0.05) is 7.11 Å². The van der Waals surface area contributed by atoms with E-state index < -0.39 is 0 Å². The monoisotopic (exact) mass is 157 g/mol. The molecular formula is C9H17O2. The summed E-state index contributed by atoms with van der Waals surface area (Å²) in [5, 5.41) is 10.6. The van der Waals surface area contributed by atoms with Crippen LogP contribution in [-0.2, 0) is 9.84 Å². The Balaban J connectivity index is 2.30. The first-order valence-electron chi connectivity index (χ1n) is 4.49. The van der Waals surface area contributed by atoms with Gasteiger partial charge in [-0.25, -0.2) is 5.11 Å². The van der Waals surface area contributed by atoms with Crippen LogP contribution < -0.4 is 0 Å². The van der Waals surface area contributed by atoms with Gasteiger partial charge in [-0.2, -0.15) is 0 Å². The Labute approximate surface area is 68.6 Å². The fraction of sp³-hybridized carbons (Fsp3) is 1.00. The van der Waals surface area contributed by atoms with Gasteiger partial charge in [0.2, 0.25) is 0 Å². The largest absolute Gasteiger partial charge is 0.379 e. The Morgan fingerprint density at radius 1 is 1.36 bits per heavy atom. The van der Waals surface area contributed by atoms with Gasteiger partial charge in [-0.05, 0) is 18.8 Å². The molecule has 0 aromatic carbocycles. The molecular weight excluding hydrogens is 140 g/mol. The molecule has 0 spiro atoms. The van der Waals surface area contributed by atoms with Crippen LogP contribution >= 0.6 is 0 Å². The highest BCUT2D eigenvalue weighted by Gasteiger charge is 2.22. The zero-order valence-corrected chi connectivity index (χ0v) is 7.21. The maximum Gasteiger partial charge on any atom is 0.109 e. The molecule has 0 aromatic rings. The van der Waals surface area contributed by atoms with Crippen LogP contribution in [0.15, 0.2) is 0 Å². The van der Waals surface area contributed by atoms with Crippen molar-refractivity contribution in [3.05, 3.63) is 0 Å². The van der Waals surface area contributed by atoms with Crippen molar-refractivity contribution in [2.45, 2.75) is 38.2 Å². The maximum absolute atomic E-state index is 10.6. The van der Waals surface area contributed by atoms with Crippen molar-refractivity contribution in [3.8, 4) is 0 Å². The molecule has 1 fully saturated rings. The van der Waals surface area contributed by atoms with Gasteiger partial charge < -0.3 is 4.74 Å². The summed E-state index contributed by atoms with van der Waals surface area (Å²) >= 11 is 0. The molecule has 0 bridgehead atoms. The SMILES string of the molecule is COC(C[O])C1CCCCC1. The molecule has 1 aliphatic rings. The van der Waals surface area contributed by atoms with E-state index in [0.29, 0.717) is 5.92 Å². The number of hydrogen-bond donors (Lipinski definition) is 0. The van der Waals surface area contributed by atoms with Gasteiger partial charge in [0.15, 0.2) is 0 Å². The second kappa shape index (κ2) is 4.73. The van der Waals surface area contributed by atoms with Crippen molar-refractivity contribution in [3.63, 3.8) is 0 Å². The van der Waals surface area contributed by atoms with Gasteiger partial charge in [-0.3, -0.25) is 0 Å². The quantitative estimate of drug-likeness (QED) is 0.616. The summed E-state index contributed by atoms with van der Waals surface area (Å²) in [5.74, 6) is 0.547. The van der Waals surface area contributed by atoms with Crippen molar-refractivity contribution < 1.29 is 9.84 Å². The highest BCUT2D eigenvalue weighted by Crippen LogP contribution is 2.27. The van der Waals surface area contributed by atoms with E-state index in [-0.39, 0.29) is 12.7 Å². The molecule has 65 valence electrons. The minimum Gasteiger partial charge on any atom is -0.379 e. The summed E-state index contributed by atoms with van der Waals surface area (Å²) in [7, 11) is 1.65. The minimum atomic E-state index is -0.0683.